The van der Waals surface area contributed by atoms with Gasteiger partial charge in [0.05, 0.1) is 0 Å². The summed E-state index contributed by atoms with van der Waals surface area (Å²) < 4.78 is 0. The Morgan fingerprint density at radius 3 is 2.33 bits per heavy atom. The van der Waals surface area contributed by atoms with Crippen LogP contribution in [0.1, 0.15) is 29.2 Å². The van der Waals surface area contributed by atoms with Gasteiger partial charge in [0.1, 0.15) is 6.04 Å². The van der Waals surface area contributed by atoms with E-state index in [1.807, 2.05) is 61.5 Å². The van der Waals surface area contributed by atoms with E-state index in [4.69, 9.17) is 10.8 Å². The Morgan fingerprint density at radius 2 is 1.75 bits per heavy atom. The number of hydrogen-bond acceptors (Lipinski definition) is 3. The van der Waals surface area contributed by atoms with Crippen molar-refractivity contribution in [3.05, 3.63) is 71.3 Å². The van der Waals surface area contributed by atoms with Gasteiger partial charge in [0.2, 0.25) is 5.91 Å². The molecule has 0 radical (unpaired) electrons. The number of hydrogen-bond donors (Lipinski definition) is 2. The first-order valence-electron chi connectivity index (χ1n) is 7.87. The van der Waals surface area contributed by atoms with Crippen LogP contribution in [0.25, 0.3) is 0 Å². The number of amides is 1. The van der Waals surface area contributed by atoms with E-state index in [1.54, 1.807) is 4.90 Å². The van der Waals surface area contributed by atoms with Crippen molar-refractivity contribution in [1.82, 2.24) is 4.90 Å². The zero-order valence-electron chi connectivity index (χ0n) is 13.9. The maximum absolute atomic E-state index is 12.7. The van der Waals surface area contributed by atoms with E-state index in [9.17, 15) is 4.79 Å². The highest BCUT2D eigenvalue weighted by Crippen LogP contribution is 2.16. The van der Waals surface area contributed by atoms with Gasteiger partial charge in [-0.05, 0) is 24.5 Å². The summed E-state index contributed by atoms with van der Waals surface area (Å²) in [7, 11) is 0. The van der Waals surface area contributed by atoms with Crippen molar-refractivity contribution in [3.8, 4) is 0 Å². The molecule has 1 atom stereocenters. The molecule has 4 nitrogen and oxygen atoms in total. The standard InChI is InChI=1S/C19H24N2O2.ClH/c1-15-8-10-16(11-9-15)14-21(12-5-13-22)19(23)18(20)17-6-3-2-4-7-17;/h2-4,6-11,18,22H,5,12-14,20H2,1H3;1H/t18-;/m1./s1. The van der Waals surface area contributed by atoms with Gasteiger partial charge >= 0.3 is 0 Å². The Bertz CT molecular complexity index is 617. The van der Waals surface area contributed by atoms with Crippen molar-refractivity contribution in [2.45, 2.75) is 25.9 Å². The molecule has 0 saturated carbocycles. The molecule has 24 heavy (non-hydrogen) atoms. The second kappa shape index (κ2) is 10.1. The number of nitrogens with zero attached hydrogens (tertiary/aromatic N) is 1. The van der Waals surface area contributed by atoms with Gasteiger partial charge in [-0.15, -0.1) is 12.4 Å². The number of aliphatic hydroxyl groups excluding tert-OH is 1. The number of carbonyl (C=O) groups excluding carboxylic acids is 1. The van der Waals surface area contributed by atoms with Gasteiger partial charge in [-0.2, -0.15) is 0 Å². The molecule has 0 aliphatic carbocycles. The van der Waals surface area contributed by atoms with E-state index >= 15 is 0 Å². The fraction of sp³-hybridized carbons (Fsp3) is 0.316. The lowest BCUT2D eigenvalue weighted by Crippen LogP contribution is -2.39. The summed E-state index contributed by atoms with van der Waals surface area (Å²) in [5, 5.41) is 9.09. The topological polar surface area (TPSA) is 66.6 Å². The number of aryl methyl sites for hydroxylation is 1. The zero-order chi connectivity index (χ0) is 16.7. The highest BCUT2D eigenvalue weighted by molar-refractivity contribution is 5.85. The van der Waals surface area contributed by atoms with Gasteiger partial charge < -0.3 is 15.7 Å². The van der Waals surface area contributed by atoms with Crippen LogP contribution in [0.2, 0.25) is 0 Å². The number of aliphatic hydroxyl groups is 1. The lowest BCUT2D eigenvalue weighted by molar-refractivity contribution is -0.133. The van der Waals surface area contributed by atoms with Gasteiger partial charge in [-0.3, -0.25) is 4.79 Å². The van der Waals surface area contributed by atoms with Gasteiger partial charge in [-0.25, -0.2) is 0 Å². The number of rotatable bonds is 7. The van der Waals surface area contributed by atoms with E-state index in [-0.39, 0.29) is 24.9 Å². The minimum atomic E-state index is -0.680. The van der Waals surface area contributed by atoms with Gasteiger partial charge in [-0.1, -0.05) is 60.2 Å². The van der Waals surface area contributed by atoms with Crippen molar-refractivity contribution in [2.24, 2.45) is 5.73 Å². The van der Waals surface area contributed by atoms with E-state index < -0.39 is 6.04 Å². The van der Waals surface area contributed by atoms with E-state index in [0.29, 0.717) is 19.5 Å². The average Bonchev–Trinajstić information content (AvgIpc) is 2.59. The Hall–Kier alpha value is -1.88. The molecule has 0 aliphatic heterocycles. The molecule has 1 amide bonds. The number of halogens is 1. The molecule has 0 spiro atoms. The average molecular weight is 349 g/mol. The molecule has 0 unspecified atom stereocenters. The smallest absolute Gasteiger partial charge is 0.244 e. The van der Waals surface area contributed by atoms with Gasteiger partial charge in [0.25, 0.3) is 0 Å². The SMILES string of the molecule is Cc1ccc(CN(CCCO)C(=O)[C@H](N)c2ccccc2)cc1.Cl. The first kappa shape index (κ1) is 20.2. The first-order valence-corrected chi connectivity index (χ1v) is 7.87. The molecule has 0 heterocycles. The zero-order valence-corrected chi connectivity index (χ0v) is 14.7. The fourth-order valence-electron chi connectivity index (χ4n) is 2.44. The predicted octanol–water partition coefficient (Wildman–Crippen LogP) is 2.83. The van der Waals surface area contributed by atoms with Crippen LogP contribution in [0.15, 0.2) is 54.6 Å². The quantitative estimate of drug-likeness (QED) is 0.808. The number of benzene rings is 2. The molecule has 2 rings (SSSR count). The molecule has 3 N–H and O–H groups in total. The summed E-state index contributed by atoms with van der Waals surface area (Å²) in [5.74, 6) is -0.120. The molecule has 0 aromatic heterocycles. The third kappa shape index (κ3) is 5.64. The summed E-state index contributed by atoms with van der Waals surface area (Å²) in [6.07, 6.45) is 0.541. The third-order valence-electron chi connectivity index (χ3n) is 3.82. The fourth-order valence-corrected chi connectivity index (χ4v) is 2.44. The second-order valence-corrected chi connectivity index (χ2v) is 5.71. The van der Waals surface area contributed by atoms with Crippen LogP contribution >= 0.6 is 12.4 Å². The lowest BCUT2D eigenvalue weighted by atomic mass is 10.1. The summed E-state index contributed by atoms with van der Waals surface area (Å²) in [4.78, 5) is 14.5. The second-order valence-electron chi connectivity index (χ2n) is 5.71. The monoisotopic (exact) mass is 348 g/mol. The Balaban J connectivity index is 0.00000288. The lowest BCUT2D eigenvalue weighted by Gasteiger charge is -2.26. The third-order valence-corrected chi connectivity index (χ3v) is 3.82. The van der Waals surface area contributed by atoms with Crippen molar-refractivity contribution in [2.75, 3.05) is 13.2 Å². The summed E-state index contributed by atoms with van der Waals surface area (Å²) in [6, 6.07) is 16.8. The normalized spacial score (nSPS) is 11.5. The van der Waals surface area contributed by atoms with Crippen LogP contribution in [0, 0.1) is 6.92 Å². The van der Waals surface area contributed by atoms with E-state index in [2.05, 4.69) is 0 Å². The molecular weight excluding hydrogens is 324 g/mol. The first-order chi connectivity index (χ1) is 11.1. The molecule has 0 aliphatic rings. The van der Waals surface area contributed by atoms with Crippen LogP contribution in [0.3, 0.4) is 0 Å². The van der Waals surface area contributed by atoms with Crippen LogP contribution < -0.4 is 5.73 Å². The molecule has 130 valence electrons. The summed E-state index contributed by atoms with van der Waals surface area (Å²) in [5.41, 5.74) is 9.18. The van der Waals surface area contributed by atoms with Gasteiger partial charge in [0, 0.05) is 19.7 Å². The number of nitrogens with two attached hydrogens (primary N) is 1. The van der Waals surface area contributed by atoms with Crippen LogP contribution in [0.4, 0.5) is 0 Å². The maximum Gasteiger partial charge on any atom is 0.244 e. The van der Waals surface area contributed by atoms with Crippen molar-refractivity contribution < 1.29 is 9.90 Å². The molecule has 2 aromatic rings. The van der Waals surface area contributed by atoms with Crippen LogP contribution in [-0.2, 0) is 11.3 Å². The summed E-state index contributed by atoms with van der Waals surface area (Å²) >= 11 is 0. The Labute approximate surface area is 149 Å². The number of carbonyl (C=O) groups is 1. The molecule has 0 saturated heterocycles. The van der Waals surface area contributed by atoms with Crippen molar-refractivity contribution >= 4 is 18.3 Å². The van der Waals surface area contributed by atoms with Crippen LogP contribution in [-0.4, -0.2) is 29.1 Å². The van der Waals surface area contributed by atoms with Crippen molar-refractivity contribution in [3.63, 3.8) is 0 Å². The largest absolute Gasteiger partial charge is 0.396 e. The predicted molar refractivity (Wildman–Crippen MR) is 98.9 cm³/mol. The van der Waals surface area contributed by atoms with Crippen LogP contribution in [0.5, 0.6) is 0 Å². The highest BCUT2D eigenvalue weighted by Gasteiger charge is 2.22. The molecule has 5 heteroatoms. The molecular formula is C19H25ClN2O2. The van der Waals surface area contributed by atoms with Crippen molar-refractivity contribution in [1.29, 1.82) is 0 Å². The Kier molecular flexibility index (Phi) is 8.47. The minimum absolute atomic E-state index is 0. The molecule has 0 fully saturated rings. The van der Waals surface area contributed by atoms with Gasteiger partial charge in [0.15, 0.2) is 0 Å². The minimum Gasteiger partial charge on any atom is -0.396 e. The van der Waals surface area contributed by atoms with E-state index in [0.717, 1.165) is 11.1 Å². The highest BCUT2D eigenvalue weighted by atomic mass is 35.5. The molecule has 0 bridgehead atoms. The molecule has 2 aromatic carbocycles. The maximum atomic E-state index is 12.7. The Morgan fingerprint density at radius 1 is 1.12 bits per heavy atom. The van der Waals surface area contributed by atoms with E-state index in [1.165, 1.54) is 5.56 Å². The summed E-state index contributed by atoms with van der Waals surface area (Å²) in [6.45, 7) is 3.07.